The molecule has 2 aliphatic carbocycles. The van der Waals surface area contributed by atoms with Gasteiger partial charge in [0.25, 0.3) is 5.91 Å². The lowest BCUT2D eigenvalue weighted by atomic mass is 9.95. The molecule has 3 N–H and O–H groups in total. The number of anilines is 3. The molecule has 3 heterocycles. The van der Waals surface area contributed by atoms with Gasteiger partial charge in [0.05, 0.1) is 16.8 Å². The summed E-state index contributed by atoms with van der Waals surface area (Å²) in [6, 6.07) is 8.39. The predicted octanol–water partition coefficient (Wildman–Crippen LogP) is 5.43. The van der Waals surface area contributed by atoms with E-state index in [0.29, 0.717) is 23.2 Å². The maximum absolute atomic E-state index is 12.9. The number of rotatable bonds is 6. The number of hydrogen-bond acceptors (Lipinski definition) is 6. The number of nitrogens with zero attached hydrogens (tertiary/aromatic N) is 3. The van der Waals surface area contributed by atoms with E-state index in [1.165, 1.54) is 19.3 Å². The van der Waals surface area contributed by atoms with E-state index in [9.17, 15) is 4.79 Å². The van der Waals surface area contributed by atoms with Crippen LogP contribution in [0.4, 0.5) is 17.3 Å². The fourth-order valence-electron chi connectivity index (χ4n) is 3.95. The molecule has 168 valence electrons. The van der Waals surface area contributed by atoms with Gasteiger partial charge in [-0.25, -0.2) is 9.97 Å². The zero-order chi connectivity index (χ0) is 22.3. The molecule has 0 bridgehead atoms. The highest BCUT2D eigenvalue weighted by Crippen LogP contribution is 2.29. The summed E-state index contributed by atoms with van der Waals surface area (Å²) in [5, 5.41) is 10.9. The van der Waals surface area contributed by atoms with Gasteiger partial charge in [-0.05, 0) is 43.9 Å². The number of carbonyl (C=O) groups is 1. The third-order valence-corrected chi connectivity index (χ3v) is 5.77. The highest BCUT2D eigenvalue weighted by Gasteiger charge is 2.25. The van der Waals surface area contributed by atoms with Crippen molar-refractivity contribution in [3.8, 4) is 0 Å². The van der Waals surface area contributed by atoms with E-state index in [0.717, 1.165) is 42.3 Å². The second kappa shape index (κ2) is 10.4. The molecule has 1 amide bonds. The number of fused-ring (bicyclic) bond motifs is 1. The van der Waals surface area contributed by atoms with Gasteiger partial charge in [-0.3, -0.25) is 9.78 Å². The molecule has 5 rings (SSSR count). The fraction of sp³-hybridized carbons (Fsp3) is 0.440. The topological polar surface area (TPSA) is 91.8 Å². The predicted molar refractivity (Wildman–Crippen MR) is 129 cm³/mol. The molecule has 0 aliphatic heterocycles. The summed E-state index contributed by atoms with van der Waals surface area (Å²) >= 11 is 0. The van der Waals surface area contributed by atoms with Gasteiger partial charge in [0, 0.05) is 42.1 Å². The Balaban J connectivity index is 0.00000119. The minimum atomic E-state index is -0.0413. The quantitative estimate of drug-likeness (QED) is 0.481. The Morgan fingerprint density at radius 3 is 2.53 bits per heavy atom. The largest absolute Gasteiger partial charge is 0.382 e. The smallest absolute Gasteiger partial charge is 0.255 e. The number of pyridine rings is 3. The molecule has 3 aromatic rings. The Kier molecular flexibility index (Phi) is 7.14. The monoisotopic (exact) mass is 432 g/mol. The average Bonchev–Trinajstić information content (AvgIpc) is 3.65. The zero-order valence-corrected chi connectivity index (χ0v) is 18.9. The Morgan fingerprint density at radius 1 is 0.938 bits per heavy atom. The molecule has 3 aromatic heterocycles. The number of aromatic nitrogens is 3. The van der Waals surface area contributed by atoms with Gasteiger partial charge < -0.3 is 16.0 Å². The average molecular weight is 433 g/mol. The molecule has 0 aromatic carbocycles. The van der Waals surface area contributed by atoms with Gasteiger partial charge in [0.1, 0.15) is 11.6 Å². The number of carbonyl (C=O) groups excluding carboxylic acids is 1. The van der Waals surface area contributed by atoms with Gasteiger partial charge >= 0.3 is 0 Å². The second-order valence-corrected chi connectivity index (χ2v) is 8.23. The van der Waals surface area contributed by atoms with Crippen molar-refractivity contribution in [2.45, 2.75) is 70.9 Å². The van der Waals surface area contributed by atoms with Crippen molar-refractivity contribution < 1.29 is 4.79 Å². The van der Waals surface area contributed by atoms with Crippen LogP contribution in [0.1, 0.15) is 69.2 Å². The maximum atomic E-state index is 12.9. The van der Waals surface area contributed by atoms with Crippen molar-refractivity contribution >= 4 is 34.1 Å². The lowest BCUT2D eigenvalue weighted by Crippen LogP contribution is -2.36. The zero-order valence-electron chi connectivity index (χ0n) is 18.9. The van der Waals surface area contributed by atoms with Crippen LogP contribution >= 0.6 is 0 Å². The third kappa shape index (κ3) is 5.52. The molecular formula is C25H32N6O. The first kappa shape index (κ1) is 22.0. The lowest BCUT2D eigenvalue weighted by Gasteiger charge is -2.23. The van der Waals surface area contributed by atoms with Crippen LogP contribution < -0.4 is 16.0 Å². The third-order valence-electron chi connectivity index (χ3n) is 5.77. The van der Waals surface area contributed by atoms with Crippen molar-refractivity contribution in [2.24, 2.45) is 0 Å². The van der Waals surface area contributed by atoms with Crippen LogP contribution in [-0.2, 0) is 0 Å². The van der Waals surface area contributed by atoms with Crippen molar-refractivity contribution in [3.05, 3.63) is 48.4 Å². The van der Waals surface area contributed by atoms with Crippen LogP contribution in [0.5, 0.6) is 0 Å². The fourth-order valence-corrected chi connectivity index (χ4v) is 3.95. The van der Waals surface area contributed by atoms with E-state index in [4.69, 9.17) is 0 Å². The van der Waals surface area contributed by atoms with E-state index in [2.05, 4.69) is 30.9 Å². The normalized spacial score (nSPS) is 16.1. The Labute approximate surface area is 189 Å². The van der Waals surface area contributed by atoms with Crippen LogP contribution in [0.25, 0.3) is 10.9 Å². The number of nitrogens with one attached hydrogen (secondary N) is 3. The van der Waals surface area contributed by atoms with Crippen molar-refractivity contribution in [1.29, 1.82) is 0 Å². The minimum Gasteiger partial charge on any atom is -0.382 e. The first-order valence-corrected chi connectivity index (χ1v) is 11.8. The molecular weight excluding hydrogens is 400 g/mol. The van der Waals surface area contributed by atoms with Gasteiger partial charge in [0.15, 0.2) is 0 Å². The second-order valence-electron chi connectivity index (χ2n) is 8.23. The number of amides is 1. The van der Waals surface area contributed by atoms with Crippen molar-refractivity contribution in [1.82, 2.24) is 20.3 Å². The van der Waals surface area contributed by atoms with Crippen LogP contribution in [0, 0.1) is 0 Å². The summed E-state index contributed by atoms with van der Waals surface area (Å²) < 4.78 is 0. The highest BCUT2D eigenvalue weighted by atomic mass is 16.1. The summed E-state index contributed by atoms with van der Waals surface area (Å²) in [6.07, 6.45) is 13.2. The van der Waals surface area contributed by atoms with Gasteiger partial charge in [0.2, 0.25) is 0 Å². The number of hydrogen-bond donors (Lipinski definition) is 3. The highest BCUT2D eigenvalue weighted by molar-refractivity contribution is 6.00. The van der Waals surface area contributed by atoms with Crippen LogP contribution in [-0.4, -0.2) is 32.9 Å². The molecule has 2 saturated carbocycles. The molecule has 2 aliphatic rings. The molecule has 0 saturated heterocycles. The molecule has 0 radical (unpaired) electrons. The van der Waals surface area contributed by atoms with Crippen LogP contribution in [0.2, 0.25) is 0 Å². The van der Waals surface area contributed by atoms with E-state index in [1.807, 2.05) is 38.1 Å². The minimum absolute atomic E-state index is 0.0413. The van der Waals surface area contributed by atoms with Crippen molar-refractivity contribution in [2.75, 3.05) is 10.6 Å². The Morgan fingerprint density at radius 2 is 1.75 bits per heavy atom. The van der Waals surface area contributed by atoms with E-state index in [-0.39, 0.29) is 11.9 Å². The summed E-state index contributed by atoms with van der Waals surface area (Å²) in [6.45, 7) is 4.00. The Hall–Kier alpha value is -3.22. The van der Waals surface area contributed by atoms with Gasteiger partial charge in [-0.2, -0.15) is 0 Å². The molecule has 32 heavy (non-hydrogen) atoms. The van der Waals surface area contributed by atoms with Crippen LogP contribution in [0.15, 0.2) is 42.9 Å². The molecule has 0 unspecified atom stereocenters. The van der Waals surface area contributed by atoms with Crippen LogP contribution in [0.3, 0.4) is 0 Å². The van der Waals surface area contributed by atoms with Gasteiger partial charge in [-0.1, -0.05) is 33.1 Å². The van der Waals surface area contributed by atoms with Crippen molar-refractivity contribution in [3.63, 3.8) is 0 Å². The van der Waals surface area contributed by atoms with E-state index >= 15 is 0 Å². The standard InChI is InChI=1S/C23H26N6O.C2H6/c30-23(27-16-4-2-1-3-5-16)18-14-25-22(12-20(18)26-17-7-8-17)29-21-9-6-15-13-24-11-10-19(15)28-21;1-2/h6,9-14,16-17H,1-5,7-8H2,(H,27,30)(H2,25,26,28,29);1-2H3. The first-order chi connectivity index (χ1) is 15.7. The molecule has 0 atom stereocenters. The lowest BCUT2D eigenvalue weighted by molar-refractivity contribution is 0.0928. The van der Waals surface area contributed by atoms with E-state index < -0.39 is 0 Å². The molecule has 7 nitrogen and oxygen atoms in total. The van der Waals surface area contributed by atoms with Gasteiger partial charge in [-0.15, -0.1) is 0 Å². The Bertz CT molecular complexity index is 1060. The summed E-state index contributed by atoms with van der Waals surface area (Å²) in [5.74, 6) is 1.33. The first-order valence-electron chi connectivity index (χ1n) is 11.8. The molecule has 0 spiro atoms. The summed E-state index contributed by atoms with van der Waals surface area (Å²) in [7, 11) is 0. The summed E-state index contributed by atoms with van der Waals surface area (Å²) in [5.41, 5.74) is 2.30. The molecule has 7 heteroatoms. The summed E-state index contributed by atoms with van der Waals surface area (Å²) in [4.78, 5) is 26.2. The maximum Gasteiger partial charge on any atom is 0.255 e. The van der Waals surface area contributed by atoms with E-state index in [1.54, 1.807) is 18.6 Å². The SMILES string of the molecule is CC.O=C(NC1CCCCC1)c1cnc(Nc2ccc3cnccc3n2)cc1NC1CC1. The molecule has 2 fully saturated rings.